The molecule has 0 unspecified atom stereocenters. The minimum atomic E-state index is 0.977. The van der Waals surface area contributed by atoms with Crippen molar-refractivity contribution >= 4 is 5.57 Å². The van der Waals surface area contributed by atoms with Gasteiger partial charge in [-0.05, 0) is 70.2 Å². The van der Waals surface area contributed by atoms with Gasteiger partial charge in [0.15, 0.2) is 0 Å². The standard InChI is InChI=1S/C26H22.2C2H6/c1-5-13-23-19(9-1)17-20-10-2-7-15-25(20)26-16-8-4-12-22(26)18-21-11-3-6-14-24(21)23;2*1-2/h1-3,5-7,9-16H,4,8,17-18H2;2*1-2H3. The van der Waals surface area contributed by atoms with Crippen LogP contribution in [-0.2, 0) is 12.8 Å². The molecule has 0 nitrogen and oxygen atoms in total. The SMILES string of the molecule is C1=C2Cc3ccccc3-c3ccccc3Cc3ccccc3C2=CCC1.CC.CC. The van der Waals surface area contributed by atoms with Crippen LogP contribution in [0.5, 0.6) is 0 Å². The van der Waals surface area contributed by atoms with Crippen LogP contribution in [0.2, 0.25) is 0 Å². The maximum atomic E-state index is 2.45. The van der Waals surface area contributed by atoms with Crippen LogP contribution < -0.4 is 0 Å². The first kappa shape index (κ1) is 21.8. The smallest absolute Gasteiger partial charge is 0.00135 e. The zero-order valence-electron chi connectivity index (χ0n) is 18.9. The Morgan fingerprint density at radius 1 is 0.467 bits per heavy atom. The highest BCUT2D eigenvalue weighted by molar-refractivity contribution is 5.84. The predicted molar refractivity (Wildman–Crippen MR) is 133 cm³/mol. The maximum absolute atomic E-state index is 2.45. The van der Waals surface area contributed by atoms with Gasteiger partial charge in [-0.25, -0.2) is 0 Å². The summed E-state index contributed by atoms with van der Waals surface area (Å²) in [4.78, 5) is 0. The topological polar surface area (TPSA) is 0 Å². The van der Waals surface area contributed by atoms with Crippen molar-refractivity contribution in [2.75, 3.05) is 0 Å². The number of rotatable bonds is 0. The van der Waals surface area contributed by atoms with E-state index in [0.717, 1.165) is 25.7 Å². The molecule has 0 atom stereocenters. The summed E-state index contributed by atoms with van der Waals surface area (Å²) in [7, 11) is 0. The first-order chi connectivity index (χ1) is 14.9. The molecule has 0 aromatic heterocycles. The number of hydrogen-bond acceptors (Lipinski definition) is 0. The maximum Gasteiger partial charge on any atom is -0.00135 e. The molecule has 0 spiro atoms. The van der Waals surface area contributed by atoms with Crippen molar-refractivity contribution in [3.8, 4) is 11.1 Å². The Labute approximate surface area is 183 Å². The van der Waals surface area contributed by atoms with E-state index >= 15 is 0 Å². The number of hydrogen-bond donors (Lipinski definition) is 0. The molecule has 0 bridgehead atoms. The lowest BCUT2D eigenvalue weighted by molar-refractivity contribution is 0.997. The van der Waals surface area contributed by atoms with Crippen LogP contribution in [0.1, 0.15) is 62.8 Å². The van der Waals surface area contributed by atoms with E-state index in [0.29, 0.717) is 0 Å². The van der Waals surface area contributed by atoms with Crippen molar-refractivity contribution in [1.29, 1.82) is 0 Å². The van der Waals surface area contributed by atoms with E-state index in [-0.39, 0.29) is 0 Å². The van der Waals surface area contributed by atoms with Crippen molar-refractivity contribution in [2.24, 2.45) is 0 Å². The Bertz CT molecular complexity index is 1030. The molecule has 0 saturated heterocycles. The van der Waals surface area contributed by atoms with Crippen LogP contribution in [-0.4, -0.2) is 0 Å². The zero-order chi connectivity index (χ0) is 21.3. The van der Waals surface area contributed by atoms with Crippen LogP contribution in [0.25, 0.3) is 16.7 Å². The summed E-state index contributed by atoms with van der Waals surface area (Å²) in [6.07, 6.45) is 9.18. The van der Waals surface area contributed by atoms with Crippen LogP contribution in [0, 0.1) is 0 Å². The van der Waals surface area contributed by atoms with Crippen molar-refractivity contribution in [1.82, 2.24) is 0 Å². The Hall–Kier alpha value is -2.86. The number of benzene rings is 3. The van der Waals surface area contributed by atoms with Gasteiger partial charge in [-0.3, -0.25) is 0 Å². The molecule has 0 fully saturated rings. The molecule has 0 amide bonds. The van der Waals surface area contributed by atoms with E-state index in [1.165, 1.54) is 44.5 Å². The second-order valence-electron chi connectivity index (χ2n) is 7.25. The fourth-order valence-corrected chi connectivity index (χ4v) is 4.40. The summed E-state index contributed by atoms with van der Waals surface area (Å²) in [6, 6.07) is 26.8. The summed E-state index contributed by atoms with van der Waals surface area (Å²) in [5.74, 6) is 0. The minimum Gasteiger partial charge on any atom is -0.0801 e. The van der Waals surface area contributed by atoms with Gasteiger partial charge in [0.1, 0.15) is 0 Å². The third kappa shape index (κ3) is 4.49. The number of allylic oxidation sites excluding steroid dienone is 4. The van der Waals surface area contributed by atoms with Crippen LogP contribution in [0.15, 0.2) is 90.5 Å². The normalized spacial score (nSPS) is 13.9. The summed E-state index contributed by atoms with van der Waals surface area (Å²) >= 11 is 0. The molecule has 5 rings (SSSR count). The molecule has 0 saturated carbocycles. The highest BCUT2D eigenvalue weighted by Crippen LogP contribution is 2.38. The van der Waals surface area contributed by atoms with E-state index in [1.54, 1.807) is 0 Å². The van der Waals surface area contributed by atoms with Crippen molar-refractivity contribution in [3.05, 3.63) is 113 Å². The van der Waals surface area contributed by atoms with E-state index in [4.69, 9.17) is 0 Å². The van der Waals surface area contributed by atoms with Gasteiger partial charge in [-0.2, -0.15) is 0 Å². The highest BCUT2D eigenvalue weighted by atomic mass is 14.2. The predicted octanol–water partition coefficient (Wildman–Crippen LogP) is 8.66. The van der Waals surface area contributed by atoms with E-state index in [9.17, 15) is 0 Å². The molecule has 0 N–H and O–H groups in total. The van der Waals surface area contributed by atoms with Crippen molar-refractivity contribution in [3.63, 3.8) is 0 Å². The first-order valence-corrected chi connectivity index (χ1v) is 11.5. The van der Waals surface area contributed by atoms with Gasteiger partial charge >= 0.3 is 0 Å². The Morgan fingerprint density at radius 2 is 0.900 bits per heavy atom. The minimum absolute atomic E-state index is 0.977. The fourth-order valence-electron chi connectivity index (χ4n) is 4.40. The molecule has 3 aromatic carbocycles. The summed E-state index contributed by atoms with van der Waals surface area (Å²) in [6.45, 7) is 8.00. The van der Waals surface area contributed by atoms with E-state index < -0.39 is 0 Å². The second kappa shape index (κ2) is 10.8. The van der Waals surface area contributed by atoms with Crippen LogP contribution in [0.3, 0.4) is 0 Å². The van der Waals surface area contributed by atoms with Crippen molar-refractivity contribution < 1.29 is 0 Å². The lowest BCUT2D eigenvalue weighted by atomic mass is 9.81. The highest BCUT2D eigenvalue weighted by Gasteiger charge is 2.19. The Morgan fingerprint density at radius 3 is 1.50 bits per heavy atom. The van der Waals surface area contributed by atoms with Gasteiger partial charge in [-0.1, -0.05) is 113 Å². The second-order valence-corrected chi connectivity index (χ2v) is 7.25. The Kier molecular flexibility index (Phi) is 7.85. The van der Waals surface area contributed by atoms with E-state index in [1.807, 2.05) is 27.7 Å². The van der Waals surface area contributed by atoms with Crippen LogP contribution >= 0.6 is 0 Å². The molecule has 30 heavy (non-hydrogen) atoms. The number of fused-ring (bicyclic) bond motifs is 6. The lowest BCUT2D eigenvalue weighted by Crippen LogP contribution is -2.06. The third-order valence-corrected chi connectivity index (χ3v) is 5.65. The van der Waals surface area contributed by atoms with Crippen molar-refractivity contribution in [2.45, 2.75) is 53.4 Å². The average Bonchev–Trinajstić information content (AvgIpc) is 2.83. The largest absolute Gasteiger partial charge is 0.0801 e. The first-order valence-electron chi connectivity index (χ1n) is 11.5. The molecule has 0 aliphatic heterocycles. The summed E-state index contributed by atoms with van der Waals surface area (Å²) in [5, 5.41) is 0. The molecule has 0 heterocycles. The van der Waals surface area contributed by atoms with E-state index in [2.05, 4.69) is 84.9 Å². The molecule has 0 heteroatoms. The van der Waals surface area contributed by atoms with Gasteiger partial charge < -0.3 is 0 Å². The zero-order valence-corrected chi connectivity index (χ0v) is 18.9. The van der Waals surface area contributed by atoms with Gasteiger partial charge in [0.25, 0.3) is 0 Å². The van der Waals surface area contributed by atoms with Crippen LogP contribution in [0.4, 0.5) is 0 Å². The third-order valence-electron chi connectivity index (χ3n) is 5.65. The monoisotopic (exact) mass is 394 g/mol. The molecular weight excluding hydrogens is 360 g/mol. The quantitative estimate of drug-likeness (QED) is 0.358. The molecule has 3 aromatic rings. The van der Waals surface area contributed by atoms with Gasteiger partial charge in [0.05, 0.1) is 0 Å². The summed E-state index contributed by atoms with van der Waals surface area (Å²) in [5.41, 5.74) is 11.4. The van der Waals surface area contributed by atoms with Gasteiger partial charge in [-0.15, -0.1) is 0 Å². The fraction of sp³-hybridized carbons (Fsp3) is 0.267. The molecule has 0 radical (unpaired) electrons. The average molecular weight is 395 g/mol. The molecule has 154 valence electrons. The molecule has 2 aliphatic carbocycles. The Balaban J connectivity index is 0.000000606. The van der Waals surface area contributed by atoms with Gasteiger partial charge in [0, 0.05) is 0 Å². The molecule has 2 aliphatic rings. The lowest BCUT2D eigenvalue weighted by Gasteiger charge is -2.24. The summed E-state index contributed by atoms with van der Waals surface area (Å²) < 4.78 is 0. The van der Waals surface area contributed by atoms with Gasteiger partial charge in [0.2, 0.25) is 0 Å². The molecular formula is C30H34.